The average molecular weight is 361 g/mol. The molecular formula is C16H19N5OS2. The lowest BCUT2D eigenvalue weighted by atomic mass is 10.2. The zero-order valence-electron chi connectivity index (χ0n) is 13.5. The fourth-order valence-electron chi connectivity index (χ4n) is 2.83. The quantitative estimate of drug-likeness (QED) is 0.696. The van der Waals surface area contributed by atoms with Gasteiger partial charge in [-0.3, -0.25) is 4.90 Å². The largest absolute Gasteiger partial charge is 0.378 e. The molecule has 0 saturated carbocycles. The first-order valence-corrected chi connectivity index (χ1v) is 9.50. The van der Waals surface area contributed by atoms with Crippen LogP contribution in [-0.2, 0) is 17.8 Å². The Morgan fingerprint density at radius 3 is 2.88 bits per heavy atom. The van der Waals surface area contributed by atoms with Crippen LogP contribution in [0.5, 0.6) is 0 Å². The summed E-state index contributed by atoms with van der Waals surface area (Å²) in [6.45, 7) is 5.24. The summed E-state index contributed by atoms with van der Waals surface area (Å²) >= 11 is 3.04. The molecule has 0 amide bonds. The van der Waals surface area contributed by atoms with Gasteiger partial charge in [-0.05, 0) is 24.7 Å². The normalized spacial score (nSPS) is 15.5. The number of rotatable bonds is 5. The van der Waals surface area contributed by atoms with Crippen LogP contribution in [0, 0.1) is 0 Å². The van der Waals surface area contributed by atoms with E-state index in [1.165, 1.54) is 22.2 Å². The number of hydrogen-bond donors (Lipinski definition) is 0. The molecule has 1 aliphatic heterocycles. The first-order chi connectivity index (χ1) is 11.8. The monoisotopic (exact) mass is 361 g/mol. The van der Waals surface area contributed by atoms with Crippen molar-refractivity contribution in [3.8, 4) is 0 Å². The topological polar surface area (TPSA) is 54.4 Å². The summed E-state index contributed by atoms with van der Waals surface area (Å²) in [6.07, 6.45) is 2.00. The molecule has 0 spiro atoms. The maximum absolute atomic E-state index is 5.40. The molecule has 1 fully saturated rings. The Morgan fingerprint density at radius 1 is 1.17 bits per heavy atom. The van der Waals surface area contributed by atoms with E-state index in [1.807, 2.05) is 12.3 Å². The lowest BCUT2D eigenvalue weighted by molar-refractivity contribution is 0.122. The van der Waals surface area contributed by atoms with E-state index in [9.17, 15) is 0 Å². The maximum atomic E-state index is 5.40. The Hall–Kier alpha value is -1.61. The van der Waals surface area contributed by atoms with Gasteiger partial charge in [0.15, 0.2) is 5.13 Å². The maximum Gasteiger partial charge on any atom is 0.185 e. The number of morpholine rings is 1. The van der Waals surface area contributed by atoms with E-state index in [0.717, 1.165) is 55.6 Å². The Bertz CT molecular complexity index is 812. The highest BCUT2D eigenvalue weighted by Gasteiger charge is 2.15. The van der Waals surface area contributed by atoms with Crippen molar-refractivity contribution in [3.63, 3.8) is 0 Å². The summed E-state index contributed by atoms with van der Waals surface area (Å²) in [4.78, 5) is 10.5. The van der Waals surface area contributed by atoms with Crippen molar-refractivity contribution in [3.05, 3.63) is 34.8 Å². The lowest BCUT2D eigenvalue weighted by Crippen LogP contribution is -2.36. The van der Waals surface area contributed by atoms with Crippen LogP contribution in [0.4, 0.5) is 5.13 Å². The summed E-state index contributed by atoms with van der Waals surface area (Å²) in [6, 6.07) is 6.30. The minimum Gasteiger partial charge on any atom is -0.378 e. The molecule has 1 aliphatic rings. The molecule has 24 heavy (non-hydrogen) atoms. The van der Waals surface area contributed by atoms with E-state index in [1.54, 1.807) is 11.3 Å². The van der Waals surface area contributed by atoms with Crippen LogP contribution in [0.2, 0.25) is 0 Å². The molecule has 0 radical (unpaired) electrons. The molecule has 0 aliphatic carbocycles. The number of thiazole rings is 1. The molecule has 3 aromatic rings. The van der Waals surface area contributed by atoms with Gasteiger partial charge in [-0.15, -0.1) is 11.3 Å². The first kappa shape index (κ1) is 15.9. The second-order valence-corrected chi connectivity index (χ2v) is 7.59. The van der Waals surface area contributed by atoms with Crippen LogP contribution in [0.1, 0.15) is 10.4 Å². The third-order valence-electron chi connectivity index (χ3n) is 4.02. The Morgan fingerprint density at radius 2 is 2.00 bits per heavy atom. The van der Waals surface area contributed by atoms with E-state index in [4.69, 9.17) is 4.74 Å². The van der Waals surface area contributed by atoms with E-state index in [-0.39, 0.29) is 0 Å². The van der Waals surface area contributed by atoms with Gasteiger partial charge in [-0.25, -0.2) is 4.98 Å². The van der Waals surface area contributed by atoms with Crippen molar-refractivity contribution in [2.24, 2.45) is 0 Å². The first-order valence-electron chi connectivity index (χ1n) is 7.95. The SMILES string of the molecule is CN(Cc1ccc2nsnc2c1)Cc1cnc(N2CCOCC2)s1. The lowest BCUT2D eigenvalue weighted by Gasteiger charge is -2.26. The third kappa shape index (κ3) is 3.56. The fourth-order valence-corrected chi connectivity index (χ4v) is 4.39. The van der Waals surface area contributed by atoms with Gasteiger partial charge in [0.25, 0.3) is 0 Å². The minimum absolute atomic E-state index is 0.794. The number of hydrogen-bond acceptors (Lipinski definition) is 8. The molecule has 0 atom stereocenters. The van der Waals surface area contributed by atoms with Crippen LogP contribution in [0.3, 0.4) is 0 Å². The van der Waals surface area contributed by atoms with E-state index in [0.29, 0.717) is 0 Å². The standard InChI is InChI=1S/C16H19N5OS2/c1-20(10-12-2-3-14-15(8-12)19-24-18-14)11-13-9-17-16(23-13)21-4-6-22-7-5-21/h2-3,8-9H,4-7,10-11H2,1H3. The van der Waals surface area contributed by atoms with Crippen molar-refractivity contribution < 1.29 is 4.74 Å². The van der Waals surface area contributed by atoms with E-state index < -0.39 is 0 Å². The number of benzene rings is 1. The minimum atomic E-state index is 0.794. The number of nitrogens with zero attached hydrogens (tertiary/aromatic N) is 5. The zero-order chi connectivity index (χ0) is 16.4. The van der Waals surface area contributed by atoms with Gasteiger partial charge in [-0.2, -0.15) is 8.75 Å². The number of ether oxygens (including phenoxy) is 1. The van der Waals surface area contributed by atoms with Crippen LogP contribution in [0.15, 0.2) is 24.4 Å². The second kappa shape index (κ2) is 7.10. The molecule has 0 N–H and O–H groups in total. The molecular weight excluding hydrogens is 342 g/mol. The molecule has 0 bridgehead atoms. The average Bonchev–Trinajstić information content (AvgIpc) is 3.24. The Kier molecular flexibility index (Phi) is 4.70. The van der Waals surface area contributed by atoms with Crippen molar-refractivity contribution in [2.45, 2.75) is 13.1 Å². The summed E-state index contributed by atoms with van der Waals surface area (Å²) in [7, 11) is 2.14. The van der Waals surface area contributed by atoms with Crippen LogP contribution in [-0.4, -0.2) is 52.0 Å². The van der Waals surface area contributed by atoms with Crippen LogP contribution < -0.4 is 4.90 Å². The molecule has 1 saturated heterocycles. The number of fused-ring (bicyclic) bond motifs is 1. The van der Waals surface area contributed by atoms with Crippen molar-refractivity contribution in [2.75, 3.05) is 38.3 Å². The van der Waals surface area contributed by atoms with Gasteiger partial charge < -0.3 is 9.64 Å². The van der Waals surface area contributed by atoms with E-state index in [2.05, 4.69) is 42.7 Å². The highest BCUT2D eigenvalue weighted by molar-refractivity contribution is 7.15. The van der Waals surface area contributed by atoms with Gasteiger partial charge in [-0.1, -0.05) is 6.07 Å². The fraction of sp³-hybridized carbons (Fsp3) is 0.438. The zero-order valence-corrected chi connectivity index (χ0v) is 15.1. The molecule has 6 nitrogen and oxygen atoms in total. The summed E-state index contributed by atoms with van der Waals surface area (Å²) in [5, 5.41) is 1.11. The van der Waals surface area contributed by atoms with E-state index >= 15 is 0 Å². The number of aromatic nitrogens is 3. The molecule has 2 aromatic heterocycles. The van der Waals surface area contributed by atoms with Crippen molar-refractivity contribution >= 4 is 39.2 Å². The summed E-state index contributed by atoms with van der Waals surface area (Å²) < 4.78 is 14.0. The van der Waals surface area contributed by atoms with Crippen LogP contribution in [0.25, 0.3) is 11.0 Å². The molecule has 4 rings (SSSR count). The van der Waals surface area contributed by atoms with Gasteiger partial charge in [0.05, 0.1) is 24.9 Å². The van der Waals surface area contributed by atoms with Gasteiger partial charge in [0, 0.05) is 37.3 Å². The molecule has 3 heterocycles. The Balaban J connectivity index is 1.38. The van der Waals surface area contributed by atoms with Crippen LogP contribution >= 0.6 is 23.1 Å². The summed E-state index contributed by atoms with van der Waals surface area (Å²) in [5.41, 5.74) is 3.22. The van der Waals surface area contributed by atoms with Crippen molar-refractivity contribution in [1.29, 1.82) is 0 Å². The summed E-state index contributed by atoms with van der Waals surface area (Å²) in [5.74, 6) is 0. The molecule has 8 heteroatoms. The smallest absolute Gasteiger partial charge is 0.185 e. The predicted octanol–water partition coefficient (Wildman–Crippen LogP) is 2.62. The van der Waals surface area contributed by atoms with Gasteiger partial charge in [0.2, 0.25) is 0 Å². The highest BCUT2D eigenvalue weighted by atomic mass is 32.1. The van der Waals surface area contributed by atoms with Gasteiger partial charge in [0.1, 0.15) is 11.0 Å². The predicted molar refractivity (Wildman–Crippen MR) is 97.7 cm³/mol. The number of anilines is 1. The Labute approximate surface area is 149 Å². The third-order valence-corrected chi connectivity index (χ3v) is 5.62. The second-order valence-electron chi connectivity index (χ2n) is 5.97. The molecule has 126 valence electrons. The van der Waals surface area contributed by atoms with Gasteiger partial charge >= 0.3 is 0 Å². The molecule has 0 unspecified atom stereocenters. The highest BCUT2D eigenvalue weighted by Crippen LogP contribution is 2.24. The van der Waals surface area contributed by atoms with Crippen molar-refractivity contribution in [1.82, 2.24) is 18.6 Å². The molecule has 1 aromatic carbocycles.